The number of aromatic nitrogens is 4. The number of rotatable bonds is 4. The van der Waals surface area contributed by atoms with Gasteiger partial charge in [-0.25, -0.2) is 9.97 Å². The van der Waals surface area contributed by atoms with Crippen molar-refractivity contribution in [2.24, 2.45) is 0 Å². The Bertz CT molecular complexity index is 776. The van der Waals surface area contributed by atoms with Crippen molar-refractivity contribution in [3.63, 3.8) is 0 Å². The molecule has 3 aromatic rings. The van der Waals surface area contributed by atoms with Gasteiger partial charge in [0.1, 0.15) is 12.1 Å². The molecule has 0 saturated heterocycles. The molecule has 21 heavy (non-hydrogen) atoms. The highest BCUT2D eigenvalue weighted by Gasteiger charge is 2.44. The van der Waals surface area contributed by atoms with Crippen LogP contribution in [-0.4, -0.2) is 26.7 Å². The van der Waals surface area contributed by atoms with Gasteiger partial charge in [0.15, 0.2) is 5.65 Å². The van der Waals surface area contributed by atoms with Gasteiger partial charge in [-0.2, -0.15) is 5.10 Å². The maximum atomic E-state index is 5.96. The largest absolute Gasteiger partial charge is 0.368 e. The lowest BCUT2D eigenvalue weighted by Crippen LogP contribution is -2.20. The predicted octanol–water partition coefficient (Wildman–Crippen LogP) is 3.15. The summed E-state index contributed by atoms with van der Waals surface area (Å²) in [5, 5.41) is 12.0. The molecule has 1 saturated carbocycles. The van der Waals surface area contributed by atoms with Crippen LogP contribution < -0.4 is 5.32 Å². The topological polar surface area (TPSA) is 66.5 Å². The van der Waals surface area contributed by atoms with Gasteiger partial charge in [0, 0.05) is 17.0 Å². The zero-order chi connectivity index (χ0) is 14.3. The van der Waals surface area contributed by atoms with Crippen molar-refractivity contribution < 1.29 is 0 Å². The number of hydrogen-bond acceptors (Lipinski definition) is 4. The Labute approximate surface area is 126 Å². The number of H-pyrrole nitrogens is 1. The number of nitrogens with one attached hydrogen (secondary N) is 2. The van der Waals surface area contributed by atoms with E-state index in [1.165, 1.54) is 18.4 Å². The minimum atomic E-state index is 0.200. The second kappa shape index (κ2) is 4.70. The summed E-state index contributed by atoms with van der Waals surface area (Å²) in [5.74, 6) is 0.828. The average molecular weight is 300 g/mol. The zero-order valence-electron chi connectivity index (χ0n) is 11.3. The number of benzene rings is 1. The second-order valence-corrected chi connectivity index (χ2v) is 5.93. The highest BCUT2D eigenvalue weighted by Crippen LogP contribution is 2.48. The number of halogens is 1. The van der Waals surface area contributed by atoms with Gasteiger partial charge in [-0.15, -0.1) is 0 Å². The molecule has 0 radical (unpaired) electrons. The first-order chi connectivity index (χ1) is 10.3. The summed E-state index contributed by atoms with van der Waals surface area (Å²) >= 11 is 5.96. The van der Waals surface area contributed by atoms with E-state index in [4.69, 9.17) is 11.6 Å². The van der Waals surface area contributed by atoms with Crippen LogP contribution in [0.3, 0.4) is 0 Å². The summed E-state index contributed by atoms with van der Waals surface area (Å²) < 4.78 is 0. The fourth-order valence-corrected chi connectivity index (χ4v) is 2.81. The predicted molar refractivity (Wildman–Crippen MR) is 82.5 cm³/mol. The maximum Gasteiger partial charge on any atom is 0.160 e. The summed E-state index contributed by atoms with van der Waals surface area (Å²) in [6, 6.07) is 8.14. The highest BCUT2D eigenvalue weighted by molar-refractivity contribution is 6.30. The van der Waals surface area contributed by atoms with Crippen LogP contribution in [0, 0.1) is 0 Å². The molecule has 6 heteroatoms. The molecule has 106 valence electrons. The van der Waals surface area contributed by atoms with Gasteiger partial charge in [-0.05, 0) is 30.5 Å². The van der Waals surface area contributed by atoms with Gasteiger partial charge < -0.3 is 5.32 Å². The molecule has 1 fully saturated rings. The lowest BCUT2D eigenvalue weighted by molar-refractivity contribution is 0.731. The van der Waals surface area contributed by atoms with Gasteiger partial charge in [-0.3, -0.25) is 5.10 Å². The van der Waals surface area contributed by atoms with Crippen LogP contribution in [-0.2, 0) is 5.41 Å². The minimum absolute atomic E-state index is 0.200. The van der Waals surface area contributed by atoms with E-state index < -0.39 is 0 Å². The fraction of sp³-hybridized carbons (Fsp3) is 0.267. The molecule has 2 aromatic heterocycles. The standard InChI is InChI=1S/C15H14ClN5/c16-11-3-1-10(2-4-11)15(5-6-15)8-17-13-12-7-20-21-14(12)19-9-18-13/h1-4,7,9H,5-6,8H2,(H2,17,18,19,20,21). The van der Waals surface area contributed by atoms with Gasteiger partial charge in [0.2, 0.25) is 0 Å². The van der Waals surface area contributed by atoms with Gasteiger partial charge >= 0.3 is 0 Å². The van der Waals surface area contributed by atoms with Crippen molar-refractivity contribution >= 4 is 28.5 Å². The second-order valence-electron chi connectivity index (χ2n) is 5.50. The van der Waals surface area contributed by atoms with E-state index in [2.05, 4.69) is 37.6 Å². The molecule has 4 rings (SSSR count). The third-order valence-electron chi connectivity index (χ3n) is 4.15. The van der Waals surface area contributed by atoms with Crippen LogP contribution in [0.2, 0.25) is 5.02 Å². The van der Waals surface area contributed by atoms with Crippen LogP contribution in [0.15, 0.2) is 36.8 Å². The Hall–Kier alpha value is -2.14. The summed E-state index contributed by atoms with van der Waals surface area (Å²) in [4.78, 5) is 8.46. The monoisotopic (exact) mass is 299 g/mol. The van der Waals surface area contributed by atoms with E-state index in [9.17, 15) is 0 Å². The summed E-state index contributed by atoms with van der Waals surface area (Å²) in [6.45, 7) is 0.853. The van der Waals surface area contributed by atoms with Crippen LogP contribution in [0.4, 0.5) is 5.82 Å². The van der Waals surface area contributed by atoms with Crippen molar-refractivity contribution in [1.82, 2.24) is 20.2 Å². The Kier molecular flexibility index (Phi) is 2.82. The van der Waals surface area contributed by atoms with Gasteiger partial charge in [0.25, 0.3) is 0 Å². The number of anilines is 1. The molecule has 2 heterocycles. The molecule has 2 N–H and O–H groups in total. The lowest BCUT2D eigenvalue weighted by Gasteiger charge is -2.17. The molecule has 0 bridgehead atoms. The van der Waals surface area contributed by atoms with Crippen molar-refractivity contribution in [2.45, 2.75) is 18.3 Å². The third-order valence-corrected chi connectivity index (χ3v) is 4.40. The van der Waals surface area contributed by atoms with Gasteiger partial charge in [0.05, 0.1) is 11.6 Å². The Morgan fingerprint density at radius 1 is 1.19 bits per heavy atom. The SMILES string of the molecule is Clc1ccc(C2(CNc3ncnc4[nH]ncc34)CC2)cc1. The van der Waals surface area contributed by atoms with Crippen LogP contribution in [0.5, 0.6) is 0 Å². The lowest BCUT2D eigenvalue weighted by atomic mass is 9.96. The average Bonchev–Trinajstić information content (AvgIpc) is 3.14. The zero-order valence-corrected chi connectivity index (χ0v) is 12.1. The molecule has 0 spiro atoms. The van der Waals surface area contributed by atoms with E-state index in [0.717, 1.165) is 28.4 Å². The fourth-order valence-electron chi connectivity index (χ4n) is 2.68. The minimum Gasteiger partial charge on any atom is -0.368 e. The number of nitrogens with zero attached hydrogens (tertiary/aromatic N) is 3. The molecule has 0 atom stereocenters. The first kappa shape index (κ1) is 12.6. The molecule has 1 aliphatic carbocycles. The van der Waals surface area contributed by atoms with Crippen LogP contribution in [0.1, 0.15) is 18.4 Å². The molecule has 1 aromatic carbocycles. The summed E-state index contributed by atoms with van der Waals surface area (Å²) in [7, 11) is 0. The van der Waals surface area contributed by atoms with Crippen molar-refractivity contribution in [1.29, 1.82) is 0 Å². The number of fused-ring (bicyclic) bond motifs is 1. The quantitative estimate of drug-likeness (QED) is 0.776. The molecular weight excluding hydrogens is 286 g/mol. The van der Waals surface area contributed by atoms with E-state index in [0.29, 0.717) is 0 Å². The molecule has 5 nitrogen and oxygen atoms in total. The number of aromatic amines is 1. The smallest absolute Gasteiger partial charge is 0.160 e. The molecule has 0 aliphatic heterocycles. The first-order valence-corrected chi connectivity index (χ1v) is 7.29. The summed E-state index contributed by atoms with van der Waals surface area (Å²) in [6.07, 6.45) is 5.66. The van der Waals surface area contributed by atoms with E-state index in [1.807, 2.05) is 12.1 Å². The van der Waals surface area contributed by atoms with Crippen molar-refractivity contribution in [2.75, 3.05) is 11.9 Å². The molecule has 0 amide bonds. The molecular formula is C15H14ClN5. The van der Waals surface area contributed by atoms with E-state index in [-0.39, 0.29) is 5.41 Å². The van der Waals surface area contributed by atoms with Crippen LogP contribution >= 0.6 is 11.6 Å². The third kappa shape index (κ3) is 2.23. The number of hydrogen-bond donors (Lipinski definition) is 2. The highest BCUT2D eigenvalue weighted by atomic mass is 35.5. The van der Waals surface area contributed by atoms with Gasteiger partial charge in [-0.1, -0.05) is 23.7 Å². The Morgan fingerprint density at radius 3 is 2.76 bits per heavy atom. The Morgan fingerprint density at radius 2 is 2.00 bits per heavy atom. The molecule has 0 unspecified atom stereocenters. The van der Waals surface area contributed by atoms with Crippen molar-refractivity contribution in [3.05, 3.63) is 47.4 Å². The Balaban J connectivity index is 1.56. The summed E-state index contributed by atoms with van der Waals surface area (Å²) in [5.41, 5.74) is 2.28. The van der Waals surface area contributed by atoms with E-state index in [1.54, 1.807) is 12.5 Å². The molecule has 1 aliphatic rings. The first-order valence-electron chi connectivity index (χ1n) is 6.91. The van der Waals surface area contributed by atoms with Crippen LogP contribution in [0.25, 0.3) is 11.0 Å². The van der Waals surface area contributed by atoms with Crippen molar-refractivity contribution in [3.8, 4) is 0 Å². The normalized spacial score (nSPS) is 16.0. The van der Waals surface area contributed by atoms with E-state index >= 15 is 0 Å². The maximum absolute atomic E-state index is 5.96.